The molecule has 0 saturated heterocycles. The van der Waals surface area contributed by atoms with Gasteiger partial charge in [0.1, 0.15) is 11.6 Å². The molecular weight excluding hydrogens is 599 g/mol. The van der Waals surface area contributed by atoms with Crippen molar-refractivity contribution in [1.29, 1.82) is 0 Å². The summed E-state index contributed by atoms with van der Waals surface area (Å²) in [5.74, 6) is 1.03. The maximum atomic E-state index is 11.2. The molecule has 1 N–H and O–H groups in total. The van der Waals surface area contributed by atoms with Crippen molar-refractivity contribution in [1.82, 2.24) is 9.97 Å². The largest absolute Gasteiger partial charge is 0.507 e. The summed E-state index contributed by atoms with van der Waals surface area (Å²) in [5.41, 5.74) is 10.7. The van der Waals surface area contributed by atoms with Gasteiger partial charge in [-0.15, -0.1) is 0 Å². The highest BCUT2D eigenvalue weighted by Crippen LogP contribution is 2.40. The van der Waals surface area contributed by atoms with E-state index in [0.717, 1.165) is 68.4 Å². The molecule has 7 aromatic rings. The number of rotatable bonds is 8. The van der Waals surface area contributed by atoms with Gasteiger partial charge in [0.05, 0.1) is 11.4 Å². The van der Waals surface area contributed by atoms with Gasteiger partial charge >= 0.3 is 0 Å². The van der Waals surface area contributed by atoms with E-state index in [2.05, 4.69) is 123 Å². The van der Waals surface area contributed by atoms with E-state index >= 15 is 0 Å². The van der Waals surface area contributed by atoms with Crippen molar-refractivity contribution in [2.24, 2.45) is 0 Å². The van der Waals surface area contributed by atoms with Crippen LogP contribution in [0.4, 0.5) is 17.2 Å². The predicted molar refractivity (Wildman–Crippen MR) is 203 cm³/mol. The van der Waals surface area contributed by atoms with Crippen LogP contribution in [0.5, 0.6) is 5.75 Å². The lowest BCUT2D eigenvalue weighted by molar-refractivity contribution is 0.477. The van der Waals surface area contributed by atoms with Gasteiger partial charge < -0.3 is 5.11 Å². The van der Waals surface area contributed by atoms with Crippen LogP contribution in [0.15, 0.2) is 164 Å². The third-order valence-corrected chi connectivity index (χ3v) is 8.75. The molecular formula is C45H39N3O. The number of hydrogen-bond acceptors (Lipinski definition) is 4. The molecule has 0 bridgehead atoms. The Kier molecular flexibility index (Phi) is 8.78. The van der Waals surface area contributed by atoms with Gasteiger partial charge in [0, 0.05) is 28.7 Å². The molecule has 0 aliphatic rings. The van der Waals surface area contributed by atoms with E-state index in [1.54, 1.807) is 6.07 Å². The average molecular weight is 638 g/mol. The maximum Gasteiger partial charge on any atom is 0.137 e. The van der Waals surface area contributed by atoms with E-state index in [1.807, 2.05) is 60.8 Å². The molecule has 0 unspecified atom stereocenters. The van der Waals surface area contributed by atoms with Gasteiger partial charge in [-0.05, 0) is 106 Å². The fraction of sp³-hybridized carbons (Fsp3) is 0.111. The van der Waals surface area contributed by atoms with Crippen LogP contribution in [0.1, 0.15) is 37.5 Å². The highest BCUT2D eigenvalue weighted by molar-refractivity contribution is 5.84. The van der Waals surface area contributed by atoms with Crippen LogP contribution in [0, 0.1) is 0 Å². The van der Waals surface area contributed by atoms with Crippen molar-refractivity contribution >= 4 is 17.2 Å². The van der Waals surface area contributed by atoms with Gasteiger partial charge in [-0.25, -0.2) is 9.97 Å². The van der Waals surface area contributed by atoms with Gasteiger partial charge in [0.25, 0.3) is 0 Å². The minimum Gasteiger partial charge on any atom is -0.507 e. The molecule has 4 nitrogen and oxygen atoms in total. The Bertz CT molecular complexity index is 2140. The number of para-hydroxylation sites is 1. The SMILES string of the molecule is CC(C)(C)c1cc(-c2cc(-c3ccccc3)cc(N(c3ccccc3)c3ccccn3)c2)nc(-c2cc(Cc3ccccc3)ccc2O)c1. The van der Waals surface area contributed by atoms with Crippen molar-refractivity contribution in [3.05, 3.63) is 181 Å². The van der Waals surface area contributed by atoms with Gasteiger partial charge in [0.2, 0.25) is 0 Å². The van der Waals surface area contributed by atoms with E-state index in [9.17, 15) is 5.11 Å². The van der Waals surface area contributed by atoms with Gasteiger partial charge in [-0.2, -0.15) is 0 Å². The van der Waals surface area contributed by atoms with E-state index in [4.69, 9.17) is 9.97 Å². The van der Waals surface area contributed by atoms with Crippen LogP contribution in [0.3, 0.4) is 0 Å². The van der Waals surface area contributed by atoms with Gasteiger partial charge in [-0.3, -0.25) is 4.90 Å². The minimum atomic E-state index is -0.159. The molecule has 0 aliphatic carbocycles. The zero-order chi connectivity index (χ0) is 33.8. The summed E-state index contributed by atoms with van der Waals surface area (Å²) >= 11 is 0. The average Bonchev–Trinajstić information content (AvgIpc) is 3.13. The number of anilines is 3. The van der Waals surface area contributed by atoms with Gasteiger partial charge in [0.15, 0.2) is 0 Å². The number of aromatic hydroxyl groups is 1. The number of phenolic OH excluding ortho intramolecular Hbond substituents is 1. The van der Waals surface area contributed by atoms with E-state index in [-0.39, 0.29) is 11.2 Å². The van der Waals surface area contributed by atoms with Crippen LogP contribution in [0.25, 0.3) is 33.6 Å². The summed E-state index contributed by atoms with van der Waals surface area (Å²) in [4.78, 5) is 12.2. The van der Waals surface area contributed by atoms with Crippen molar-refractivity contribution < 1.29 is 5.11 Å². The summed E-state index contributed by atoms with van der Waals surface area (Å²) in [6.45, 7) is 6.64. The zero-order valence-corrected chi connectivity index (χ0v) is 28.1. The monoisotopic (exact) mass is 637 g/mol. The highest BCUT2D eigenvalue weighted by atomic mass is 16.3. The molecule has 240 valence electrons. The fourth-order valence-electron chi connectivity index (χ4n) is 6.14. The third kappa shape index (κ3) is 7.14. The van der Waals surface area contributed by atoms with Crippen molar-refractivity contribution in [3.63, 3.8) is 0 Å². The Morgan fingerprint density at radius 2 is 1.20 bits per heavy atom. The summed E-state index contributed by atoms with van der Waals surface area (Å²) in [7, 11) is 0. The van der Waals surface area contributed by atoms with Crippen LogP contribution in [0.2, 0.25) is 0 Å². The van der Waals surface area contributed by atoms with Crippen molar-refractivity contribution in [3.8, 4) is 39.4 Å². The second-order valence-electron chi connectivity index (χ2n) is 13.4. The smallest absolute Gasteiger partial charge is 0.137 e. The lowest BCUT2D eigenvalue weighted by atomic mass is 9.85. The molecule has 7 rings (SSSR count). The van der Waals surface area contributed by atoms with Crippen LogP contribution in [-0.2, 0) is 11.8 Å². The van der Waals surface area contributed by atoms with Crippen LogP contribution >= 0.6 is 0 Å². The lowest BCUT2D eigenvalue weighted by Gasteiger charge is -2.26. The summed E-state index contributed by atoms with van der Waals surface area (Å²) in [5, 5.41) is 11.2. The first-order valence-electron chi connectivity index (χ1n) is 16.7. The molecule has 5 aromatic carbocycles. The fourth-order valence-corrected chi connectivity index (χ4v) is 6.14. The molecule has 4 heteroatoms. The second kappa shape index (κ2) is 13.6. The van der Waals surface area contributed by atoms with Gasteiger partial charge in [-0.1, -0.05) is 112 Å². The maximum absolute atomic E-state index is 11.2. The van der Waals surface area contributed by atoms with Crippen LogP contribution < -0.4 is 4.90 Å². The molecule has 0 spiro atoms. The molecule has 0 atom stereocenters. The molecule has 0 fully saturated rings. The number of hydrogen-bond donors (Lipinski definition) is 1. The summed E-state index contributed by atoms with van der Waals surface area (Å²) in [6, 6.07) is 53.9. The third-order valence-electron chi connectivity index (χ3n) is 8.75. The topological polar surface area (TPSA) is 49.2 Å². The normalized spacial score (nSPS) is 11.3. The zero-order valence-electron chi connectivity index (χ0n) is 28.1. The molecule has 49 heavy (non-hydrogen) atoms. The second-order valence-corrected chi connectivity index (χ2v) is 13.4. The van der Waals surface area contributed by atoms with Crippen LogP contribution in [-0.4, -0.2) is 15.1 Å². The number of pyridine rings is 2. The number of benzene rings is 5. The molecule has 0 saturated carbocycles. The first-order valence-corrected chi connectivity index (χ1v) is 16.7. The Balaban J connectivity index is 1.43. The van der Waals surface area contributed by atoms with E-state index in [1.165, 1.54) is 5.56 Å². The minimum absolute atomic E-state index is 0.159. The Morgan fingerprint density at radius 1 is 0.551 bits per heavy atom. The molecule has 2 heterocycles. The van der Waals surface area contributed by atoms with Crippen molar-refractivity contribution in [2.45, 2.75) is 32.6 Å². The molecule has 0 aliphatic heterocycles. The standard InChI is InChI=1S/C45H39N3O/c1-45(2,3)37-30-41(47-42(31-37)40-26-33(22-23-43(40)49)25-32-15-7-4-8-16-32)36-27-35(34-17-9-5-10-18-34)28-39(29-36)48(38-19-11-6-12-20-38)44-21-13-14-24-46-44/h4-24,26-31,49H,25H2,1-3H3. The Hall–Kier alpha value is -6.00. The number of phenols is 1. The van der Waals surface area contributed by atoms with Crippen molar-refractivity contribution in [2.75, 3.05) is 4.90 Å². The first kappa shape index (κ1) is 31.6. The highest BCUT2D eigenvalue weighted by Gasteiger charge is 2.21. The number of nitrogens with zero attached hydrogens (tertiary/aromatic N) is 3. The predicted octanol–water partition coefficient (Wildman–Crippen LogP) is 11.5. The summed E-state index contributed by atoms with van der Waals surface area (Å²) < 4.78 is 0. The van der Waals surface area contributed by atoms with E-state index in [0.29, 0.717) is 0 Å². The number of aromatic nitrogens is 2. The Morgan fingerprint density at radius 3 is 1.90 bits per heavy atom. The molecule has 2 aromatic heterocycles. The Labute approximate surface area is 289 Å². The lowest BCUT2D eigenvalue weighted by Crippen LogP contribution is -2.13. The quantitative estimate of drug-likeness (QED) is 0.180. The first-order chi connectivity index (χ1) is 23.8. The summed E-state index contributed by atoms with van der Waals surface area (Å²) in [6.07, 6.45) is 2.59. The van der Waals surface area contributed by atoms with E-state index < -0.39 is 0 Å². The molecule has 0 radical (unpaired) electrons. The molecule has 0 amide bonds.